The topological polar surface area (TPSA) is 68.2 Å². The Kier molecular flexibility index (Phi) is 1.48. The molecule has 1 aliphatic rings. The van der Waals surface area contributed by atoms with Gasteiger partial charge in [-0.1, -0.05) is 12.2 Å². The Morgan fingerprint density at radius 1 is 1.42 bits per heavy atom. The third-order valence-electron chi connectivity index (χ3n) is 1.80. The molecule has 0 aromatic carbocycles. The highest BCUT2D eigenvalue weighted by atomic mass is 15.4. The quantitative estimate of drug-likeness (QED) is 0.541. The fourth-order valence-electron chi connectivity index (χ4n) is 1.21. The third kappa shape index (κ3) is 1.02. The zero-order valence-corrected chi connectivity index (χ0v) is 6.57. The Morgan fingerprint density at radius 3 is 3.08 bits per heavy atom. The zero-order valence-electron chi connectivity index (χ0n) is 6.57. The molecule has 0 radical (unpaired) electrons. The molecule has 0 bridgehead atoms. The number of rotatable bonds is 0. The van der Waals surface area contributed by atoms with Gasteiger partial charge in [0.2, 0.25) is 0 Å². The van der Waals surface area contributed by atoms with Gasteiger partial charge in [0.05, 0.1) is 6.54 Å². The second-order valence-corrected chi connectivity index (χ2v) is 2.70. The van der Waals surface area contributed by atoms with Crippen LogP contribution in [0.3, 0.4) is 0 Å². The van der Waals surface area contributed by atoms with Crippen LogP contribution in [0, 0.1) is 0 Å². The Bertz CT molecular complexity index is 332. The van der Waals surface area contributed by atoms with Crippen molar-refractivity contribution >= 4 is 17.7 Å². The van der Waals surface area contributed by atoms with E-state index in [2.05, 4.69) is 4.98 Å². The molecule has 4 N–H and O–H groups in total. The molecule has 0 spiro atoms. The summed E-state index contributed by atoms with van der Waals surface area (Å²) in [5.74, 6) is 6.93. The molecule has 1 aromatic rings. The predicted octanol–water partition coefficient (Wildman–Crippen LogP) is 0.371. The SMILES string of the molecule is Nc1ccc2c(n1)N(N)CC=C2. The van der Waals surface area contributed by atoms with Gasteiger partial charge in [-0.3, -0.25) is 5.01 Å². The van der Waals surface area contributed by atoms with Crippen molar-refractivity contribution in [3.05, 3.63) is 23.8 Å². The average Bonchev–Trinajstić information content (AvgIpc) is 2.07. The summed E-state index contributed by atoms with van der Waals surface area (Å²) in [7, 11) is 0. The molecule has 1 aromatic heterocycles. The van der Waals surface area contributed by atoms with E-state index in [-0.39, 0.29) is 0 Å². The van der Waals surface area contributed by atoms with Crippen molar-refractivity contribution in [3.8, 4) is 0 Å². The van der Waals surface area contributed by atoms with Gasteiger partial charge >= 0.3 is 0 Å². The van der Waals surface area contributed by atoms with Crippen LogP contribution in [0.1, 0.15) is 5.56 Å². The number of aromatic nitrogens is 1. The standard InChI is InChI=1S/C8H10N4/c9-7-4-3-6-2-1-5-12(10)8(6)11-7/h1-4H,5,10H2,(H2,9,11). The van der Waals surface area contributed by atoms with E-state index in [9.17, 15) is 0 Å². The second kappa shape index (κ2) is 2.49. The van der Waals surface area contributed by atoms with E-state index < -0.39 is 0 Å². The molecule has 12 heavy (non-hydrogen) atoms. The molecule has 0 atom stereocenters. The first-order valence-electron chi connectivity index (χ1n) is 3.72. The molecule has 0 unspecified atom stereocenters. The Morgan fingerprint density at radius 2 is 2.25 bits per heavy atom. The molecule has 0 fully saturated rings. The van der Waals surface area contributed by atoms with E-state index >= 15 is 0 Å². The Hall–Kier alpha value is -1.55. The summed E-state index contributed by atoms with van der Waals surface area (Å²) in [4.78, 5) is 4.12. The summed E-state index contributed by atoms with van der Waals surface area (Å²) >= 11 is 0. The maximum atomic E-state index is 5.68. The summed E-state index contributed by atoms with van der Waals surface area (Å²) < 4.78 is 0. The van der Waals surface area contributed by atoms with Crippen LogP contribution in [0.2, 0.25) is 0 Å². The van der Waals surface area contributed by atoms with Crippen molar-refractivity contribution in [1.29, 1.82) is 0 Å². The summed E-state index contributed by atoms with van der Waals surface area (Å²) in [6.45, 7) is 0.684. The van der Waals surface area contributed by atoms with Crippen LogP contribution in [0.25, 0.3) is 6.08 Å². The molecule has 1 aliphatic heterocycles. The van der Waals surface area contributed by atoms with Crippen LogP contribution in [0.15, 0.2) is 18.2 Å². The number of anilines is 2. The van der Waals surface area contributed by atoms with E-state index in [0.717, 1.165) is 11.4 Å². The minimum absolute atomic E-state index is 0.500. The molecule has 62 valence electrons. The first-order chi connectivity index (χ1) is 5.77. The fourth-order valence-corrected chi connectivity index (χ4v) is 1.21. The molecule has 0 amide bonds. The normalized spacial score (nSPS) is 14.6. The molecule has 4 heteroatoms. The summed E-state index contributed by atoms with van der Waals surface area (Å²) in [5.41, 5.74) is 6.54. The first kappa shape index (κ1) is 7.12. The lowest BCUT2D eigenvalue weighted by Crippen LogP contribution is -2.33. The van der Waals surface area contributed by atoms with Crippen LogP contribution in [0.5, 0.6) is 0 Å². The van der Waals surface area contributed by atoms with Gasteiger partial charge in [0.1, 0.15) is 5.82 Å². The van der Waals surface area contributed by atoms with Gasteiger partial charge in [-0.05, 0) is 12.1 Å². The minimum atomic E-state index is 0.500. The maximum Gasteiger partial charge on any atom is 0.152 e. The van der Waals surface area contributed by atoms with E-state index in [1.807, 2.05) is 18.2 Å². The van der Waals surface area contributed by atoms with Crippen molar-refractivity contribution < 1.29 is 0 Å². The molecular formula is C8H10N4. The number of hydrogen-bond acceptors (Lipinski definition) is 4. The summed E-state index contributed by atoms with van der Waals surface area (Å²) in [6.07, 6.45) is 3.98. The lowest BCUT2D eigenvalue weighted by Gasteiger charge is -2.21. The van der Waals surface area contributed by atoms with Crippen LogP contribution in [-0.4, -0.2) is 11.5 Å². The van der Waals surface area contributed by atoms with Gasteiger partial charge in [0, 0.05) is 5.56 Å². The van der Waals surface area contributed by atoms with Gasteiger partial charge in [0.25, 0.3) is 0 Å². The number of pyridine rings is 1. The van der Waals surface area contributed by atoms with Gasteiger partial charge in [-0.25, -0.2) is 10.8 Å². The minimum Gasteiger partial charge on any atom is -0.384 e. The number of hydrazine groups is 1. The fraction of sp³-hybridized carbons (Fsp3) is 0.125. The monoisotopic (exact) mass is 162 g/mol. The van der Waals surface area contributed by atoms with E-state index in [1.165, 1.54) is 0 Å². The van der Waals surface area contributed by atoms with E-state index in [4.69, 9.17) is 11.6 Å². The van der Waals surface area contributed by atoms with Gasteiger partial charge < -0.3 is 5.73 Å². The van der Waals surface area contributed by atoms with Gasteiger partial charge in [0.15, 0.2) is 5.82 Å². The maximum absolute atomic E-state index is 5.68. The number of fused-ring (bicyclic) bond motifs is 1. The van der Waals surface area contributed by atoms with Crippen molar-refractivity contribution in [2.75, 3.05) is 17.3 Å². The predicted molar refractivity (Wildman–Crippen MR) is 49.2 cm³/mol. The lowest BCUT2D eigenvalue weighted by molar-refractivity contribution is 0.903. The number of nitrogens with two attached hydrogens (primary N) is 2. The summed E-state index contributed by atoms with van der Waals surface area (Å²) in [6, 6.07) is 3.68. The number of hydrogen-bond donors (Lipinski definition) is 2. The number of nitrogens with zero attached hydrogens (tertiary/aromatic N) is 2. The summed E-state index contributed by atoms with van der Waals surface area (Å²) in [5, 5.41) is 1.58. The highest BCUT2D eigenvalue weighted by molar-refractivity contribution is 5.68. The Balaban J connectivity index is 2.56. The first-order valence-corrected chi connectivity index (χ1v) is 3.72. The Labute approximate surface area is 70.5 Å². The molecule has 4 nitrogen and oxygen atoms in total. The van der Waals surface area contributed by atoms with Crippen LogP contribution >= 0.6 is 0 Å². The highest BCUT2D eigenvalue weighted by Crippen LogP contribution is 2.21. The van der Waals surface area contributed by atoms with Crippen LogP contribution in [-0.2, 0) is 0 Å². The van der Waals surface area contributed by atoms with Crippen molar-refractivity contribution in [1.82, 2.24) is 4.98 Å². The highest BCUT2D eigenvalue weighted by Gasteiger charge is 2.10. The smallest absolute Gasteiger partial charge is 0.152 e. The third-order valence-corrected chi connectivity index (χ3v) is 1.80. The second-order valence-electron chi connectivity index (χ2n) is 2.70. The molecule has 0 saturated heterocycles. The van der Waals surface area contributed by atoms with Gasteiger partial charge in [-0.15, -0.1) is 0 Å². The van der Waals surface area contributed by atoms with Crippen LogP contribution < -0.4 is 16.6 Å². The number of nitrogen functional groups attached to an aromatic ring is 1. The molecular weight excluding hydrogens is 152 g/mol. The van der Waals surface area contributed by atoms with E-state index in [1.54, 1.807) is 11.1 Å². The van der Waals surface area contributed by atoms with Gasteiger partial charge in [-0.2, -0.15) is 0 Å². The van der Waals surface area contributed by atoms with E-state index in [0.29, 0.717) is 12.4 Å². The zero-order chi connectivity index (χ0) is 8.55. The van der Waals surface area contributed by atoms with Crippen molar-refractivity contribution in [2.45, 2.75) is 0 Å². The van der Waals surface area contributed by atoms with Crippen molar-refractivity contribution in [3.63, 3.8) is 0 Å². The molecule has 0 saturated carbocycles. The van der Waals surface area contributed by atoms with Crippen molar-refractivity contribution in [2.24, 2.45) is 5.84 Å². The molecule has 0 aliphatic carbocycles. The lowest BCUT2D eigenvalue weighted by atomic mass is 10.2. The van der Waals surface area contributed by atoms with Crippen LogP contribution in [0.4, 0.5) is 11.6 Å². The molecule has 2 heterocycles. The largest absolute Gasteiger partial charge is 0.384 e. The molecule has 2 rings (SSSR count). The average molecular weight is 162 g/mol.